The fourth-order valence-corrected chi connectivity index (χ4v) is 2.99. The minimum Gasteiger partial charge on any atom is -0.443 e. The molecule has 122 valence electrons. The molecular weight excluding hydrogens is 290 g/mol. The molecule has 1 amide bonds. The van der Waals surface area contributed by atoms with Gasteiger partial charge in [-0.05, 0) is 64.5 Å². The molecule has 1 aromatic rings. The van der Waals surface area contributed by atoms with Crippen LogP contribution in [0.4, 0.5) is 10.5 Å². The normalized spacial score (nSPS) is 18.8. The van der Waals surface area contributed by atoms with Crippen LogP contribution in [-0.4, -0.2) is 23.2 Å². The minimum atomic E-state index is -0.514. The lowest BCUT2D eigenvalue weighted by Crippen LogP contribution is -2.40. The number of nitriles is 1. The predicted octanol–water partition coefficient (Wildman–Crippen LogP) is 3.79. The summed E-state index contributed by atoms with van der Waals surface area (Å²) < 4.78 is 5.49. The number of aryl methyl sites for hydroxylation is 1. The van der Waals surface area contributed by atoms with E-state index in [2.05, 4.69) is 6.07 Å². The third-order valence-corrected chi connectivity index (χ3v) is 4.22. The molecule has 1 atom stereocenters. The van der Waals surface area contributed by atoms with Crippen molar-refractivity contribution in [2.75, 3.05) is 11.4 Å². The Hall–Kier alpha value is -2.09. The molecule has 5 nitrogen and oxygen atoms in total. The van der Waals surface area contributed by atoms with E-state index in [9.17, 15) is 10.1 Å². The number of amides is 1. The number of fused-ring (bicyclic) bond motifs is 1. The van der Waals surface area contributed by atoms with Crippen molar-refractivity contribution in [2.24, 2.45) is 5.92 Å². The predicted molar refractivity (Wildman–Crippen MR) is 87.2 cm³/mol. The monoisotopic (exact) mass is 313 g/mol. The quantitative estimate of drug-likeness (QED) is 0.833. The zero-order valence-electron chi connectivity index (χ0n) is 14.0. The maximum atomic E-state index is 12.4. The highest BCUT2D eigenvalue weighted by molar-refractivity contribution is 5.89. The van der Waals surface area contributed by atoms with Crippen LogP contribution < -0.4 is 4.90 Å². The molecular formula is C18H23N3O2. The lowest BCUT2D eigenvalue weighted by molar-refractivity contribution is 0.0577. The van der Waals surface area contributed by atoms with Gasteiger partial charge in [0.05, 0.1) is 29.1 Å². The first-order chi connectivity index (χ1) is 10.9. The van der Waals surface area contributed by atoms with Gasteiger partial charge in [-0.25, -0.2) is 4.79 Å². The summed E-state index contributed by atoms with van der Waals surface area (Å²) in [4.78, 5) is 18.8. The highest BCUT2D eigenvalue weighted by Gasteiger charge is 2.34. The molecule has 0 radical (unpaired) electrons. The van der Waals surface area contributed by atoms with E-state index >= 15 is 0 Å². The van der Waals surface area contributed by atoms with Crippen LogP contribution in [0.1, 0.15) is 57.3 Å². The summed E-state index contributed by atoms with van der Waals surface area (Å²) in [5, 5.41) is 9.39. The van der Waals surface area contributed by atoms with E-state index in [0.29, 0.717) is 12.5 Å². The second kappa shape index (κ2) is 5.84. The molecule has 0 saturated heterocycles. The van der Waals surface area contributed by atoms with Crippen LogP contribution in [0.15, 0.2) is 12.1 Å². The van der Waals surface area contributed by atoms with Gasteiger partial charge in [-0.3, -0.25) is 9.88 Å². The minimum absolute atomic E-state index is 0.114. The van der Waals surface area contributed by atoms with Crippen molar-refractivity contribution in [2.45, 2.75) is 58.0 Å². The maximum Gasteiger partial charge on any atom is 0.414 e. The van der Waals surface area contributed by atoms with Gasteiger partial charge in [0.1, 0.15) is 5.60 Å². The van der Waals surface area contributed by atoms with Gasteiger partial charge in [0, 0.05) is 6.54 Å². The summed E-state index contributed by atoms with van der Waals surface area (Å²) in [6.45, 7) is 6.24. The van der Waals surface area contributed by atoms with Crippen LogP contribution in [0.3, 0.4) is 0 Å². The Labute approximate surface area is 137 Å². The Morgan fingerprint density at radius 2 is 2.17 bits per heavy atom. The first-order valence-corrected chi connectivity index (χ1v) is 8.29. The van der Waals surface area contributed by atoms with E-state index < -0.39 is 5.60 Å². The molecule has 1 unspecified atom stereocenters. The van der Waals surface area contributed by atoms with Gasteiger partial charge in [0.2, 0.25) is 0 Å². The largest absolute Gasteiger partial charge is 0.443 e. The molecule has 2 heterocycles. The molecule has 23 heavy (non-hydrogen) atoms. The summed E-state index contributed by atoms with van der Waals surface area (Å²) in [5.41, 5.74) is 2.06. The number of nitrogens with zero attached hydrogens (tertiary/aromatic N) is 3. The van der Waals surface area contributed by atoms with Gasteiger partial charge < -0.3 is 4.74 Å². The Kier molecular flexibility index (Phi) is 4.01. The summed E-state index contributed by atoms with van der Waals surface area (Å²) in [6.07, 6.45) is 3.60. The Balaban J connectivity index is 1.85. The first-order valence-electron chi connectivity index (χ1n) is 8.29. The van der Waals surface area contributed by atoms with Crippen LogP contribution in [0.5, 0.6) is 0 Å². The average molecular weight is 313 g/mol. The lowest BCUT2D eigenvalue weighted by Gasteiger charge is -2.31. The van der Waals surface area contributed by atoms with E-state index in [-0.39, 0.29) is 12.0 Å². The van der Waals surface area contributed by atoms with E-state index in [1.807, 2.05) is 32.9 Å². The molecule has 0 N–H and O–H groups in total. The fourth-order valence-electron chi connectivity index (χ4n) is 2.99. The second-order valence-corrected chi connectivity index (χ2v) is 7.38. The van der Waals surface area contributed by atoms with Crippen molar-refractivity contribution in [3.05, 3.63) is 23.5 Å². The zero-order valence-corrected chi connectivity index (χ0v) is 14.0. The molecule has 1 saturated carbocycles. The SMILES string of the molecule is CC(C)(C)OC(=O)N1CCCc2nc(C(C#N)C3CC3)ccc21. The number of anilines is 1. The van der Waals surface area contributed by atoms with Crippen LogP contribution in [-0.2, 0) is 11.2 Å². The van der Waals surface area contributed by atoms with E-state index in [4.69, 9.17) is 9.72 Å². The highest BCUT2D eigenvalue weighted by Crippen LogP contribution is 2.42. The summed E-state index contributed by atoms with van der Waals surface area (Å²) in [5.74, 6) is 0.341. The Bertz CT molecular complexity index is 653. The van der Waals surface area contributed by atoms with Gasteiger partial charge in [-0.2, -0.15) is 5.26 Å². The lowest BCUT2D eigenvalue weighted by atomic mass is 9.99. The molecule has 1 aliphatic carbocycles. The van der Waals surface area contributed by atoms with Crippen molar-refractivity contribution >= 4 is 11.8 Å². The number of rotatable bonds is 2. The van der Waals surface area contributed by atoms with Crippen LogP contribution >= 0.6 is 0 Å². The van der Waals surface area contributed by atoms with Crippen molar-refractivity contribution in [3.63, 3.8) is 0 Å². The Morgan fingerprint density at radius 3 is 2.78 bits per heavy atom. The summed E-state index contributed by atoms with van der Waals surface area (Å²) >= 11 is 0. The van der Waals surface area contributed by atoms with Gasteiger partial charge in [0.25, 0.3) is 0 Å². The molecule has 2 aliphatic rings. The molecule has 1 fully saturated rings. The van der Waals surface area contributed by atoms with Gasteiger partial charge >= 0.3 is 6.09 Å². The molecule has 1 aliphatic heterocycles. The molecule has 0 spiro atoms. The average Bonchev–Trinajstić information content (AvgIpc) is 3.30. The van der Waals surface area contributed by atoms with Crippen LogP contribution in [0.25, 0.3) is 0 Å². The van der Waals surface area contributed by atoms with Gasteiger partial charge in [-0.1, -0.05) is 0 Å². The molecule has 5 heteroatoms. The van der Waals surface area contributed by atoms with Gasteiger partial charge in [-0.15, -0.1) is 0 Å². The van der Waals surface area contributed by atoms with Gasteiger partial charge in [0.15, 0.2) is 0 Å². The van der Waals surface area contributed by atoms with Crippen molar-refractivity contribution < 1.29 is 9.53 Å². The summed E-state index contributed by atoms with van der Waals surface area (Å²) in [6, 6.07) is 6.21. The second-order valence-electron chi connectivity index (χ2n) is 7.38. The molecule has 0 bridgehead atoms. The van der Waals surface area contributed by atoms with Crippen molar-refractivity contribution in [1.29, 1.82) is 5.26 Å². The molecule has 0 aromatic carbocycles. The highest BCUT2D eigenvalue weighted by atomic mass is 16.6. The molecule has 1 aromatic heterocycles. The number of carbonyl (C=O) groups is 1. The standard InChI is InChI=1S/C18H23N3O2/c1-18(2,3)23-17(22)21-10-4-5-15-16(21)9-8-14(20-15)13(11-19)12-6-7-12/h8-9,12-13H,4-7,10H2,1-3H3. The number of aromatic nitrogens is 1. The Morgan fingerprint density at radius 1 is 1.43 bits per heavy atom. The number of ether oxygens (including phenoxy) is 1. The first kappa shape index (κ1) is 15.8. The van der Waals surface area contributed by atoms with Crippen molar-refractivity contribution in [3.8, 4) is 6.07 Å². The number of carbonyl (C=O) groups excluding carboxylic acids is 1. The number of pyridine rings is 1. The van der Waals surface area contributed by atoms with E-state index in [1.54, 1.807) is 4.90 Å². The van der Waals surface area contributed by atoms with E-state index in [1.165, 1.54) is 0 Å². The fraction of sp³-hybridized carbons (Fsp3) is 0.611. The number of hydrogen-bond donors (Lipinski definition) is 0. The maximum absolute atomic E-state index is 12.4. The third-order valence-electron chi connectivity index (χ3n) is 4.22. The van der Waals surface area contributed by atoms with Crippen molar-refractivity contribution in [1.82, 2.24) is 4.98 Å². The van der Waals surface area contributed by atoms with E-state index in [0.717, 1.165) is 42.8 Å². The topological polar surface area (TPSA) is 66.2 Å². The smallest absolute Gasteiger partial charge is 0.414 e. The molecule has 3 rings (SSSR count). The third kappa shape index (κ3) is 3.47. The zero-order chi connectivity index (χ0) is 16.6. The number of hydrogen-bond acceptors (Lipinski definition) is 4. The summed E-state index contributed by atoms with van der Waals surface area (Å²) in [7, 11) is 0. The van der Waals surface area contributed by atoms with Crippen LogP contribution in [0.2, 0.25) is 0 Å². The van der Waals surface area contributed by atoms with Crippen LogP contribution in [0, 0.1) is 17.2 Å².